The number of Topliss-reactive ketones (excluding diaryl/α,β-unsaturated/α-hetero) is 1. The molecule has 0 spiro atoms. The molecule has 0 saturated carbocycles. The number of ketones is 1. The van der Waals surface area contributed by atoms with Gasteiger partial charge in [0, 0.05) is 18.3 Å². The molecule has 0 aliphatic rings. The fraction of sp³-hybridized carbons (Fsp3) is 0.250. The SMILES string of the molecule is COc1ccc(C(=O)COC(=O)CCNC(=O)Nc2ccccc2)c(OC)c1. The second-order valence-corrected chi connectivity index (χ2v) is 5.65. The number of carbonyl (C=O) groups excluding carboxylic acids is 3. The minimum Gasteiger partial charge on any atom is -0.497 e. The number of ether oxygens (including phenoxy) is 3. The maximum atomic E-state index is 12.2. The Balaban J connectivity index is 1.73. The molecule has 2 N–H and O–H groups in total. The maximum absolute atomic E-state index is 12.2. The van der Waals surface area contributed by atoms with Crippen LogP contribution in [0.1, 0.15) is 16.8 Å². The number of carbonyl (C=O) groups is 3. The number of esters is 1. The Morgan fingerprint density at radius 2 is 1.71 bits per heavy atom. The molecule has 2 aromatic carbocycles. The summed E-state index contributed by atoms with van der Waals surface area (Å²) in [6, 6.07) is 13.2. The van der Waals surface area contributed by atoms with Crippen LogP contribution in [0, 0.1) is 0 Å². The van der Waals surface area contributed by atoms with Crippen LogP contribution in [-0.4, -0.2) is 45.2 Å². The van der Waals surface area contributed by atoms with Crippen LogP contribution < -0.4 is 20.1 Å². The molecule has 0 bridgehead atoms. The van der Waals surface area contributed by atoms with E-state index in [1.54, 1.807) is 42.5 Å². The van der Waals surface area contributed by atoms with Crippen LogP contribution in [0.3, 0.4) is 0 Å². The topological polar surface area (TPSA) is 103 Å². The number of anilines is 1. The van der Waals surface area contributed by atoms with Gasteiger partial charge in [-0.25, -0.2) is 4.79 Å². The first kappa shape index (κ1) is 20.8. The number of amides is 2. The molecule has 2 aromatic rings. The van der Waals surface area contributed by atoms with E-state index in [0.717, 1.165) is 0 Å². The molecule has 28 heavy (non-hydrogen) atoms. The van der Waals surface area contributed by atoms with E-state index in [2.05, 4.69) is 10.6 Å². The van der Waals surface area contributed by atoms with Gasteiger partial charge in [0.15, 0.2) is 6.61 Å². The smallest absolute Gasteiger partial charge is 0.319 e. The number of methoxy groups -OCH3 is 2. The van der Waals surface area contributed by atoms with Crippen molar-refractivity contribution in [2.75, 3.05) is 32.7 Å². The summed E-state index contributed by atoms with van der Waals surface area (Å²) in [5.74, 6) is -0.117. The highest BCUT2D eigenvalue weighted by molar-refractivity contribution is 6.00. The van der Waals surface area contributed by atoms with Gasteiger partial charge in [-0.1, -0.05) is 18.2 Å². The molecule has 0 atom stereocenters. The first-order valence-electron chi connectivity index (χ1n) is 8.54. The van der Waals surface area contributed by atoms with Crippen molar-refractivity contribution in [2.24, 2.45) is 0 Å². The Morgan fingerprint density at radius 1 is 0.964 bits per heavy atom. The van der Waals surface area contributed by atoms with Crippen LogP contribution in [0.25, 0.3) is 0 Å². The molecule has 2 rings (SSSR count). The van der Waals surface area contributed by atoms with Gasteiger partial charge in [0.05, 0.1) is 26.2 Å². The molecule has 0 aliphatic heterocycles. The zero-order chi connectivity index (χ0) is 20.4. The van der Waals surface area contributed by atoms with E-state index in [4.69, 9.17) is 14.2 Å². The molecular formula is C20H22N2O6. The highest BCUT2D eigenvalue weighted by Crippen LogP contribution is 2.24. The Morgan fingerprint density at radius 3 is 2.39 bits per heavy atom. The second-order valence-electron chi connectivity index (χ2n) is 5.65. The van der Waals surface area contributed by atoms with E-state index in [-0.39, 0.29) is 18.5 Å². The molecule has 0 heterocycles. The predicted molar refractivity (Wildman–Crippen MR) is 103 cm³/mol. The summed E-state index contributed by atoms with van der Waals surface area (Å²) in [6.07, 6.45) is -0.0603. The summed E-state index contributed by atoms with van der Waals surface area (Å²) in [5.41, 5.74) is 0.929. The Hall–Kier alpha value is -3.55. The van der Waals surface area contributed by atoms with Gasteiger partial charge in [-0.2, -0.15) is 0 Å². The summed E-state index contributed by atoms with van der Waals surface area (Å²) in [5, 5.41) is 5.17. The summed E-state index contributed by atoms with van der Waals surface area (Å²) in [4.78, 5) is 35.7. The van der Waals surface area contributed by atoms with Gasteiger partial charge in [-0.15, -0.1) is 0 Å². The van der Waals surface area contributed by atoms with Crippen molar-refractivity contribution in [3.63, 3.8) is 0 Å². The van der Waals surface area contributed by atoms with E-state index >= 15 is 0 Å². The number of benzene rings is 2. The Bertz CT molecular complexity index is 823. The third-order valence-electron chi connectivity index (χ3n) is 3.72. The van der Waals surface area contributed by atoms with Gasteiger partial charge in [-0.3, -0.25) is 9.59 Å². The van der Waals surface area contributed by atoms with Crippen LogP contribution in [0.4, 0.5) is 10.5 Å². The monoisotopic (exact) mass is 386 g/mol. The summed E-state index contributed by atoms with van der Waals surface area (Å²) >= 11 is 0. The zero-order valence-electron chi connectivity index (χ0n) is 15.7. The van der Waals surface area contributed by atoms with Crippen molar-refractivity contribution in [1.29, 1.82) is 0 Å². The summed E-state index contributed by atoms with van der Waals surface area (Å²) < 4.78 is 15.2. The fourth-order valence-electron chi connectivity index (χ4n) is 2.30. The molecule has 2 amide bonds. The van der Waals surface area contributed by atoms with Crippen LogP contribution in [-0.2, 0) is 9.53 Å². The minimum absolute atomic E-state index is 0.0603. The second kappa shape index (κ2) is 10.6. The number of nitrogens with one attached hydrogen (secondary N) is 2. The molecule has 0 aromatic heterocycles. The number of hydrogen-bond donors (Lipinski definition) is 2. The van der Waals surface area contributed by atoms with Crippen molar-refractivity contribution >= 4 is 23.5 Å². The average Bonchev–Trinajstić information content (AvgIpc) is 2.72. The van der Waals surface area contributed by atoms with Crippen molar-refractivity contribution in [3.05, 3.63) is 54.1 Å². The van der Waals surface area contributed by atoms with Gasteiger partial charge < -0.3 is 24.8 Å². The van der Waals surface area contributed by atoms with Crippen LogP contribution in [0.2, 0.25) is 0 Å². The van der Waals surface area contributed by atoms with Crippen LogP contribution in [0.5, 0.6) is 11.5 Å². The van der Waals surface area contributed by atoms with E-state index < -0.39 is 24.4 Å². The maximum Gasteiger partial charge on any atom is 0.319 e. The largest absolute Gasteiger partial charge is 0.497 e. The molecule has 148 valence electrons. The lowest BCUT2D eigenvalue weighted by molar-refractivity contribution is -0.142. The number of hydrogen-bond acceptors (Lipinski definition) is 6. The van der Waals surface area contributed by atoms with Crippen molar-refractivity contribution < 1.29 is 28.6 Å². The minimum atomic E-state index is -0.596. The molecule has 0 fully saturated rings. The third-order valence-corrected chi connectivity index (χ3v) is 3.72. The number of urea groups is 1. The summed E-state index contributed by atoms with van der Waals surface area (Å²) in [7, 11) is 2.94. The highest BCUT2D eigenvalue weighted by atomic mass is 16.5. The van der Waals surface area contributed by atoms with E-state index in [0.29, 0.717) is 17.2 Å². The third kappa shape index (κ3) is 6.31. The molecule has 0 radical (unpaired) electrons. The molecule has 0 saturated heterocycles. The lowest BCUT2D eigenvalue weighted by Gasteiger charge is -2.10. The average molecular weight is 386 g/mol. The first-order valence-corrected chi connectivity index (χ1v) is 8.54. The highest BCUT2D eigenvalue weighted by Gasteiger charge is 2.15. The lowest BCUT2D eigenvalue weighted by Crippen LogP contribution is -2.31. The standard InChI is InChI=1S/C20H22N2O6/c1-26-15-8-9-16(18(12-15)27-2)17(23)13-28-19(24)10-11-21-20(25)22-14-6-4-3-5-7-14/h3-9,12H,10-11,13H2,1-2H3,(H2,21,22,25). The number of para-hydroxylation sites is 1. The molecule has 8 nitrogen and oxygen atoms in total. The van der Waals surface area contributed by atoms with Gasteiger partial charge >= 0.3 is 12.0 Å². The Kier molecular flexibility index (Phi) is 7.83. The fourth-order valence-corrected chi connectivity index (χ4v) is 2.30. The van der Waals surface area contributed by atoms with E-state index in [1.807, 2.05) is 6.07 Å². The van der Waals surface area contributed by atoms with Crippen molar-refractivity contribution in [2.45, 2.75) is 6.42 Å². The first-order chi connectivity index (χ1) is 13.5. The summed E-state index contributed by atoms with van der Waals surface area (Å²) in [6.45, 7) is -0.338. The van der Waals surface area contributed by atoms with Crippen molar-refractivity contribution in [1.82, 2.24) is 5.32 Å². The van der Waals surface area contributed by atoms with Gasteiger partial charge in [-0.05, 0) is 24.3 Å². The quantitative estimate of drug-likeness (QED) is 0.507. The molecule has 0 unspecified atom stereocenters. The lowest BCUT2D eigenvalue weighted by atomic mass is 10.1. The molecule has 0 aliphatic carbocycles. The molecule has 8 heteroatoms. The van der Waals surface area contributed by atoms with Gasteiger partial charge in [0.1, 0.15) is 11.5 Å². The van der Waals surface area contributed by atoms with Crippen LogP contribution in [0.15, 0.2) is 48.5 Å². The predicted octanol–water partition coefficient (Wildman–Crippen LogP) is 2.64. The molecular weight excluding hydrogens is 364 g/mol. The Labute approximate surface area is 162 Å². The number of rotatable bonds is 9. The van der Waals surface area contributed by atoms with Crippen molar-refractivity contribution in [3.8, 4) is 11.5 Å². The van der Waals surface area contributed by atoms with E-state index in [9.17, 15) is 14.4 Å². The normalized spacial score (nSPS) is 9.93. The van der Waals surface area contributed by atoms with Gasteiger partial charge in [0.25, 0.3) is 0 Å². The van der Waals surface area contributed by atoms with Gasteiger partial charge in [0.2, 0.25) is 5.78 Å². The van der Waals surface area contributed by atoms with Crippen LogP contribution >= 0.6 is 0 Å². The van der Waals surface area contributed by atoms with E-state index in [1.165, 1.54) is 14.2 Å². The zero-order valence-corrected chi connectivity index (χ0v) is 15.7.